The van der Waals surface area contributed by atoms with E-state index >= 15 is 0 Å². The summed E-state index contributed by atoms with van der Waals surface area (Å²) < 4.78 is 16.0. The van der Waals surface area contributed by atoms with E-state index in [0.29, 0.717) is 36.2 Å². The number of hydrogen-bond acceptors (Lipinski definition) is 6. The van der Waals surface area contributed by atoms with Crippen molar-refractivity contribution in [1.82, 2.24) is 10.1 Å². The predicted molar refractivity (Wildman–Crippen MR) is 99.0 cm³/mol. The summed E-state index contributed by atoms with van der Waals surface area (Å²) in [5.41, 5.74) is 1.53. The van der Waals surface area contributed by atoms with E-state index in [1.807, 2.05) is 48.5 Å². The summed E-state index contributed by atoms with van der Waals surface area (Å²) in [7, 11) is 3.20. The molecular weight excluding hydrogens is 346 g/mol. The fourth-order valence-corrected chi connectivity index (χ4v) is 3.24. The van der Waals surface area contributed by atoms with Crippen LogP contribution in [0.25, 0.3) is 11.5 Å². The fraction of sp³-hybridized carbons (Fsp3) is 0.250. The zero-order valence-electron chi connectivity index (χ0n) is 15.1. The molecule has 7 nitrogen and oxygen atoms in total. The molecule has 0 spiro atoms. The summed E-state index contributed by atoms with van der Waals surface area (Å²) in [5.74, 6) is 2.19. The number of nitrogens with zero attached hydrogens (tertiary/aromatic N) is 3. The van der Waals surface area contributed by atoms with E-state index in [1.165, 1.54) is 0 Å². The Hall–Kier alpha value is -3.35. The van der Waals surface area contributed by atoms with E-state index in [-0.39, 0.29) is 11.8 Å². The SMILES string of the molecule is COc1cccc(-c2nc(C3CC(=O)N(c4ccccc4OC)C3)no2)c1. The molecule has 27 heavy (non-hydrogen) atoms. The van der Waals surface area contributed by atoms with Gasteiger partial charge in [0.05, 0.1) is 19.9 Å². The number of amides is 1. The van der Waals surface area contributed by atoms with Gasteiger partial charge in [-0.1, -0.05) is 23.4 Å². The minimum absolute atomic E-state index is 0.0113. The molecule has 0 radical (unpaired) electrons. The quantitative estimate of drug-likeness (QED) is 0.691. The number of anilines is 1. The summed E-state index contributed by atoms with van der Waals surface area (Å²) >= 11 is 0. The van der Waals surface area contributed by atoms with Crippen LogP contribution in [0.1, 0.15) is 18.2 Å². The van der Waals surface area contributed by atoms with Gasteiger partial charge < -0.3 is 18.9 Å². The van der Waals surface area contributed by atoms with Crippen molar-refractivity contribution in [2.24, 2.45) is 0 Å². The molecule has 0 N–H and O–H groups in total. The highest BCUT2D eigenvalue weighted by Gasteiger charge is 2.35. The van der Waals surface area contributed by atoms with Crippen LogP contribution in [0.4, 0.5) is 5.69 Å². The van der Waals surface area contributed by atoms with Crippen molar-refractivity contribution in [2.45, 2.75) is 12.3 Å². The average molecular weight is 365 g/mol. The molecule has 1 atom stereocenters. The topological polar surface area (TPSA) is 77.7 Å². The highest BCUT2D eigenvalue weighted by atomic mass is 16.5. The van der Waals surface area contributed by atoms with E-state index in [9.17, 15) is 4.79 Å². The van der Waals surface area contributed by atoms with Crippen LogP contribution in [0.2, 0.25) is 0 Å². The minimum Gasteiger partial charge on any atom is -0.497 e. The van der Waals surface area contributed by atoms with E-state index < -0.39 is 0 Å². The number of carbonyl (C=O) groups excluding carboxylic acids is 1. The molecule has 138 valence electrons. The van der Waals surface area contributed by atoms with Crippen molar-refractivity contribution in [3.05, 3.63) is 54.4 Å². The Labute approximate surface area is 156 Å². The van der Waals surface area contributed by atoms with Crippen molar-refractivity contribution in [3.8, 4) is 23.0 Å². The van der Waals surface area contributed by atoms with Gasteiger partial charge in [0.25, 0.3) is 5.89 Å². The van der Waals surface area contributed by atoms with Crippen molar-refractivity contribution in [1.29, 1.82) is 0 Å². The Balaban J connectivity index is 1.57. The number of rotatable bonds is 5. The van der Waals surface area contributed by atoms with Crippen LogP contribution in [0, 0.1) is 0 Å². The van der Waals surface area contributed by atoms with E-state index in [2.05, 4.69) is 10.1 Å². The third kappa shape index (κ3) is 3.23. The van der Waals surface area contributed by atoms with Gasteiger partial charge >= 0.3 is 0 Å². The van der Waals surface area contributed by atoms with E-state index in [1.54, 1.807) is 19.1 Å². The highest BCUT2D eigenvalue weighted by Crippen LogP contribution is 2.36. The van der Waals surface area contributed by atoms with Crippen LogP contribution in [0.3, 0.4) is 0 Å². The minimum atomic E-state index is -0.134. The Morgan fingerprint density at radius 2 is 1.96 bits per heavy atom. The molecule has 0 saturated carbocycles. The largest absolute Gasteiger partial charge is 0.497 e. The van der Waals surface area contributed by atoms with Crippen molar-refractivity contribution < 1.29 is 18.8 Å². The Morgan fingerprint density at radius 3 is 2.78 bits per heavy atom. The molecule has 0 aliphatic carbocycles. The predicted octanol–water partition coefficient (Wildman–Crippen LogP) is 3.27. The standard InChI is InChI=1S/C20H19N3O4/c1-25-15-7-5-6-13(10-15)20-21-19(22-27-20)14-11-18(24)23(12-14)16-8-3-4-9-17(16)26-2/h3-10,14H,11-12H2,1-2H3. The molecule has 3 aromatic rings. The molecule has 1 aromatic heterocycles. The molecule has 1 amide bonds. The number of benzene rings is 2. The van der Waals surface area contributed by atoms with Crippen LogP contribution < -0.4 is 14.4 Å². The van der Waals surface area contributed by atoms with Gasteiger partial charge in [0, 0.05) is 24.4 Å². The number of ether oxygens (including phenoxy) is 2. The molecule has 1 saturated heterocycles. The maximum Gasteiger partial charge on any atom is 0.258 e. The summed E-state index contributed by atoms with van der Waals surface area (Å²) in [6.45, 7) is 0.482. The van der Waals surface area contributed by atoms with Gasteiger partial charge in [-0.2, -0.15) is 4.98 Å². The lowest BCUT2D eigenvalue weighted by molar-refractivity contribution is -0.117. The van der Waals surface area contributed by atoms with Crippen molar-refractivity contribution >= 4 is 11.6 Å². The highest BCUT2D eigenvalue weighted by molar-refractivity contribution is 5.97. The first-order chi connectivity index (χ1) is 13.2. The van der Waals surface area contributed by atoms with E-state index in [4.69, 9.17) is 14.0 Å². The lowest BCUT2D eigenvalue weighted by atomic mass is 10.1. The van der Waals surface area contributed by atoms with Crippen LogP contribution >= 0.6 is 0 Å². The number of carbonyl (C=O) groups is 1. The van der Waals surface area contributed by atoms with Gasteiger partial charge in [-0.05, 0) is 30.3 Å². The molecule has 7 heteroatoms. The molecule has 1 unspecified atom stereocenters. The Morgan fingerprint density at radius 1 is 1.11 bits per heavy atom. The molecular formula is C20H19N3O4. The lowest BCUT2D eigenvalue weighted by Gasteiger charge is -2.18. The van der Waals surface area contributed by atoms with E-state index in [0.717, 1.165) is 11.3 Å². The second kappa shape index (κ2) is 7.11. The molecule has 0 bridgehead atoms. The monoisotopic (exact) mass is 365 g/mol. The number of aromatic nitrogens is 2. The molecule has 4 rings (SSSR count). The average Bonchev–Trinajstić information content (AvgIpc) is 3.35. The normalized spacial score (nSPS) is 16.6. The lowest BCUT2D eigenvalue weighted by Crippen LogP contribution is -2.24. The van der Waals surface area contributed by atoms with Crippen molar-refractivity contribution in [2.75, 3.05) is 25.7 Å². The van der Waals surface area contributed by atoms with Gasteiger partial charge in [-0.3, -0.25) is 4.79 Å². The first-order valence-corrected chi connectivity index (χ1v) is 8.61. The molecule has 2 aromatic carbocycles. The number of hydrogen-bond donors (Lipinski definition) is 0. The van der Waals surface area contributed by atoms with Crippen LogP contribution in [0.5, 0.6) is 11.5 Å². The zero-order valence-corrected chi connectivity index (χ0v) is 15.1. The van der Waals surface area contributed by atoms with Crippen LogP contribution in [-0.4, -0.2) is 36.8 Å². The summed E-state index contributed by atoms with van der Waals surface area (Å²) in [6.07, 6.45) is 0.329. The molecule has 1 aliphatic heterocycles. The number of methoxy groups -OCH3 is 2. The second-order valence-electron chi connectivity index (χ2n) is 6.27. The van der Waals surface area contributed by atoms with Gasteiger partial charge in [-0.25, -0.2) is 0 Å². The molecule has 1 fully saturated rings. The first-order valence-electron chi connectivity index (χ1n) is 8.61. The zero-order chi connectivity index (χ0) is 18.8. The Bertz CT molecular complexity index is 969. The fourth-order valence-electron chi connectivity index (χ4n) is 3.24. The summed E-state index contributed by atoms with van der Waals surface area (Å²) in [6, 6.07) is 14.9. The van der Waals surface area contributed by atoms with Gasteiger partial charge in [0.1, 0.15) is 11.5 Å². The summed E-state index contributed by atoms with van der Waals surface area (Å²) in [5, 5.41) is 4.10. The second-order valence-corrected chi connectivity index (χ2v) is 6.27. The molecule has 2 heterocycles. The Kier molecular flexibility index (Phi) is 4.50. The summed E-state index contributed by atoms with van der Waals surface area (Å²) in [4.78, 5) is 18.8. The first kappa shape index (κ1) is 17.1. The third-order valence-electron chi connectivity index (χ3n) is 4.62. The number of para-hydroxylation sites is 2. The maximum absolute atomic E-state index is 12.6. The van der Waals surface area contributed by atoms with Crippen LogP contribution in [0.15, 0.2) is 53.1 Å². The van der Waals surface area contributed by atoms with Gasteiger partial charge in [-0.15, -0.1) is 0 Å². The van der Waals surface area contributed by atoms with Gasteiger partial charge in [0.15, 0.2) is 5.82 Å². The molecule has 1 aliphatic rings. The van der Waals surface area contributed by atoms with Gasteiger partial charge in [0.2, 0.25) is 5.91 Å². The van der Waals surface area contributed by atoms with Crippen LogP contribution in [-0.2, 0) is 4.79 Å². The van der Waals surface area contributed by atoms with Crippen molar-refractivity contribution in [3.63, 3.8) is 0 Å². The maximum atomic E-state index is 12.6. The third-order valence-corrected chi connectivity index (χ3v) is 4.62. The smallest absolute Gasteiger partial charge is 0.258 e.